The molecule has 5 atom stereocenters. The van der Waals surface area contributed by atoms with Crippen LogP contribution in [-0.4, -0.2) is 68.5 Å². The van der Waals surface area contributed by atoms with E-state index in [4.69, 9.17) is 32.8 Å². The zero-order chi connectivity index (χ0) is 22.2. The van der Waals surface area contributed by atoms with Gasteiger partial charge in [0.2, 0.25) is 5.95 Å². The predicted octanol–water partition coefficient (Wildman–Crippen LogP) is -0.334. The molecule has 0 bridgehead atoms. The molecule has 2 radical (unpaired) electrons. The number of aryl methyl sites for hydroxylation is 1. The Morgan fingerprint density at radius 1 is 1.26 bits per heavy atom. The van der Waals surface area contributed by atoms with E-state index in [2.05, 4.69) is 15.0 Å². The zero-order valence-electron chi connectivity index (χ0n) is 17.0. The molecule has 2 unspecified atom stereocenters. The van der Waals surface area contributed by atoms with Gasteiger partial charge in [-0.25, -0.2) is 9.88 Å². The Hall–Kier alpha value is -1.60. The molecule has 31 heavy (non-hydrogen) atoms. The van der Waals surface area contributed by atoms with Crippen LogP contribution >= 0.6 is 7.82 Å². The molecule has 0 amide bonds. The first kappa shape index (κ1) is 22.6. The number of nitrogens with zero attached hydrogens (tertiary/aromatic N) is 3. The number of ether oxygens (including phenoxy) is 1. The second-order valence-electron chi connectivity index (χ2n) is 7.81. The molecule has 0 saturated carbocycles. The maximum atomic E-state index is 12.4. The van der Waals surface area contributed by atoms with Gasteiger partial charge in [0.1, 0.15) is 24.6 Å². The van der Waals surface area contributed by atoms with Gasteiger partial charge in [0.15, 0.2) is 23.5 Å². The number of anilines is 1. The lowest BCUT2D eigenvalue weighted by Gasteiger charge is -2.27. The van der Waals surface area contributed by atoms with Crippen LogP contribution in [0.3, 0.4) is 0 Å². The molecule has 2 aliphatic heterocycles. The molecule has 7 N–H and O–H groups in total. The van der Waals surface area contributed by atoms with E-state index < -0.39 is 37.9 Å². The SMILES string of the molecule is [B][P+]1(O)OC[C@H]2O[C@@H](n3c(CCCCCCCN)nc4c(=O)[nH]c(N)nc43)C(O)[C@H]2O1. The summed E-state index contributed by atoms with van der Waals surface area (Å²) in [5.41, 5.74) is 11.1. The van der Waals surface area contributed by atoms with E-state index in [1.807, 2.05) is 0 Å². The van der Waals surface area contributed by atoms with Crippen molar-refractivity contribution in [1.29, 1.82) is 0 Å². The first-order valence-corrected chi connectivity index (χ1v) is 12.0. The first-order chi connectivity index (χ1) is 14.8. The highest BCUT2D eigenvalue weighted by atomic mass is 31.2. The number of unbranched alkanes of at least 4 members (excludes halogenated alkanes) is 4. The maximum Gasteiger partial charge on any atom is 0.488 e. The number of fused-ring (bicyclic) bond motifs is 2. The number of H-pyrrole nitrogens is 1. The summed E-state index contributed by atoms with van der Waals surface area (Å²) in [6.45, 7) is 0.648. The predicted molar refractivity (Wildman–Crippen MR) is 114 cm³/mol. The molecular formula is C17H27BN6O6P+. The van der Waals surface area contributed by atoms with Gasteiger partial charge in [-0.1, -0.05) is 19.3 Å². The Bertz CT molecular complexity index is 986. The van der Waals surface area contributed by atoms with Crippen LogP contribution in [0.1, 0.15) is 44.2 Å². The van der Waals surface area contributed by atoms with Gasteiger partial charge in [-0.05, 0) is 19.4 Å². The fourth-order valence-corrected chi connectivity index (χ4v) is 5.06. The number of imidazole rings is 1. The average Bonchev–Trinajstić information content (AvgIpc) is 3.21. The van der Waals surface area contributed by atoms with Crippen LogP contribution in [0.15, 0.2) is 4.79 Å². The van der Waals surface area contributed by atoms with Crippen molar-refractivity contribution in [2.75, 3.05) is 18.9 Å². The van der Waals surface area contributed by atoms with Crippen molar-refractivity contribution in [3.63, 3.8) is 0 Å². The normalized spacial score (nSPS) is 30.7. The largest absolute Gasteiger partial charge is 0.488 e. The highest BCUT2D eigenvalue weighted by Crippen LogP contribution is 2.58. The van der Waals surface area contributed by atoms with Crippen molar-refractivity contribution in [3.8, 4) is 0 Å². The van der Waals surface area contributed by atoms with Crippen LogP contribution in [-0.2, 0) is 20.2 Å². The Balaban J connectivity index is 1.63. The van der Waals surface area contributed by atoms with E-state index in [9.17, 15) is 14.8 Å². The Labute approximate surface area is 180 Å². The van der Waals surface area contributed by atoms with Crippen molar-refractivity contribution in [3.05, 3.63) is 16.2 Å². The van der Waals surface area contributed by atoms with Gasteiger partial charge in [0.25, 0.3) is 5.56 Å². The van der Waals surface area contributed by atoms with Gasteiger partial charge in [0, 0.05) is 6.42 Å². The molecule has 0 aliphatic carbocycles. The number of aliphatic hydroxyl groups excluding tert-OH is 1. The zero-order valence-corrected chi connectivity index (χ0v) is 17.9. The summed E-state index contributed by atoms with van der Waals surface area (Å²) < 4.78 is 18.0. The molecule has 0 spiro atoms. The lowest BCUT2D eigenvalue weighted by Crippen LogP contribution is -2.40. The number of aromatic nitrogens is 4. The second kappa shape index (κ2) is 9.10. The molecule has 14 heteroatoms. The molecule has 2 fully saturated rings. The minimum Gasteiger partial charge on any atom is -0.385 e. The number of rotatable bonds is 8. The molecule has 0 aromatic carbocycles. The van der Waals surface area contributed by atoms with Gasteiger partial charge < -0.3 is 21.3 Å². The molecule has 4 heterocycles. The van der Waals surface area contributed by atoms with Crippen molar-refractivity contribution >= 4 is 32.5 Å². The first-order valence-electron chi connectivity index (χ1n) is 10.3. The third kappa shape index (κ3) is 4.63. The molecule has 168 valence electrons. The highest BCUT2D eigenvalue weighted by Gasteiger charge is 2.57. The number of nitrogens with two attached hydrogens (primary N) is 2. The summed E-state index contributed by atoms with van der Waals surface area (Å²) in [5.74, 6) is 0.470. The number of nitrogens with one attached hydrogen (secondary N) is 1. The molecule has 2 aromatic rings. The number of hydrogen-bond donors (Lipinski definition) is 5. The van der Waals surface area contributed by atoms with Gasteiger partial charge >= 0.3 is 15.4 Å². The summed E-state index contributed by atoms with van der Waals surface area (Å²) in [7, 11) is 2.07. The number of nitrogen functional groups attached to an aromatic ring is 1. The van der Waals surface area contributed by atoms with Gasteiger partial charge in [-0.15, -0.1) is 0 Å². The summed E-state index contributed by atoms with van der Waals surface area (Å²) in [6.07, 6.45) is 1.75. The van der Waals surface area contributed by atoms with E-state index in [0.717, 1.165) is 32.1 Å². The lowest BCUT2D eigenvalue weighted by molar-refractivity contribution is -0.0611. The van der Waals surface area contributed by atoms with Crippen LogP contribution in [0.25, 0.3) is 11.2 Å². The van der Waals surface area contributed by atoms with Crippen molar-refractivity contribution < 1.29 is 23.8 Å². The van der Waals surface area contributed by atoms with Crippen molar-refractivity contribution in [2.24, 2.45) is 5.73 Å². The van der Waals surface area contributed by atoms with E-state index >= 15 is 0 Å². The average molecular weight is 453 g/mol. The molecule has 2 saturated heterocycles. The molecular weight excluding hydrogens is 426 g/mol. The Morgan fingerprint density at radius 2 is 2.00 bits per heavy atom. The minimum atomic E-state index is -3.52. The maximum absolute atomic E-state index is 12.4. The third-order valence-corrected chi connectivity index (χ3v) is 6.57. The van der Waals surface area contributed by atoms with E-state index in [-0.39, 0.29) is 23.7 Å². The quantitative estimate of drug-likeness (QED) is 0.201. The second-order valence-corrected chi connectivity index (χ2v) is 9.41. The van der Waals surface area contributed by atoms with Crippen LogP contribution in [0.5, 0.6) is 0 Å². The van der Waals surface area contributed by atoms with Crippen molar-refractivity contribution in [1.82, 2.24) is 19.5 Å². The monoisotopic (exact) mass is 453 g/mol. The summed E-state index contributed by atoms with van der Waals surface area (Å²) in [6, 6.07) is 0. The smallest absolute Gasteiger partial charge is 0.385 e. The Morgan fingerprint density at radius 3 is 2.77 bits per heavy atom. The van der Waals surface area contributed by atoms with Gasteiger partial charge in [-0.3, -0.25) is 14.3 Å². The summed E-state index contributed by atoms with van der Waals surface area (Å²) in [5, 5.41) is 10.9. The number of aliphatic hydroxyl groups is 1. The van der Waals surface area contributed by atoms with E-state index in [1.165, 1.54) is 0 Å². The van der Waals surface area contributed by atoms with Crippen LogP contribution in [0.4, 0.5) is 5.95 Å². The molecule has 12 nitrogen and oxygen atoms in total. The fraction of sp³-hybridized carbons (Fsp3) is 0.706. The number of aromatic amines is 1. The molecule has 2 aliphatic rings. The molecule has 2 aromatic heterocycles. The minimum absolute atomic E-state index is 0.0295. The Kier molecular flexibility index (Phi) is 6.64. The standard InChI is InChI=1S/C17H27BN6O6P/c18-31(27)28-8-9-13(30-31)12(25)16(29-9)24-10(6-4-2-1-3-5-7-19)21-11-14(24)22-17(20)23-15(11)26/h9,12-13,16,25,27H,1-8,19H2,(H3,20,22,23,26)/q+1/t9-,12?,13+,16-,31?/m1/s1. The number of hydrogen-bond acceptors (Lipinski definition) is 10. The summed E-state index contributed by atoms with van der Waals surface area (Å²) >= 11 is 0. The van der Waals surface area contributed by atoms with Crippen LogP contribution in [0, 0.1) is 0 Å². The van der Waals surface area contributed by atoms with Crippen LogP contribution < -0.4 is 17.0 Å². The van der Waals surface area contributed by atoms with Crippen molar-refractivity contribution in [2.45, 2.75) is 63.1 Å². The van der Waals surface area contributed by atoms with E-state index in [0.29, 0.717) is 18.8 Å². The third-order valence-electron chi connectivity index (χ3n) is 5.51. The van der Waals surface area contributed by atoms with Gasteiger partial charge in [0.05, 0.1) is 0 Å². The fourth-order valence-electron chi connectivity index (χ4n) is 4.03. The molecule has 4 rings (SSSR count). The lowest BCUT2D eigenvalue weighted by atomic mass is 10.1. The van der Waals surface area contributed by atoms with Gasteiger partial charge in [-0.2, -0.15) is 14.0 Å². The topological polar surface area (TPSA) is 184 Å². The van der Waals surface area contributed by atoms with E-state index in [1.54, 1.807) is 4.57 Å². The summed E-state index contributed by atoms with van der Waals surface area (Å²) in [4.78, 5) is 33.5. The highest BCUT2D eigenvalue weighted by molar-refractivity contribution is 7.85. The van der Waals surface area contributed by atoms with Crippen LogP contribution in [0.2, 0.25) is 0 Å².